The number of amides is 1. The van der Waals surface area contributed by atoms with E-state index in [2.05, 4.69) is 10.2 Å². The lowest BCUT2D eigenvalue weighted by atomic mass is 10.2. The fourth-order valence-electron chi connectivity index (χ4n) is 2.52. The highest BCUT2D eigenvalue weighted by molar-refractivity contribution is 5.92. The van der Waals surface area contributed by atoms with E-state index in [0.717, 1.165) is 13.1 Å². The number of carboxylic acid groups (broad SMARTS) is 1. The monoisotopic (exact) mass is 289 g/mol. The number of hydrogen-bond donors (Lipinski definition) is 1. The van der Waals surface area contributed by atoms with E-state index >= 15 is 0 Å². The average molecular weight is 289 g/mol. The molecule has 0 radical (unpaired) electrons. The van der Waals surface area contributed by atoms with Gasteiger partial charge in [0.25, 0.3) is 0 Å². The number of carbonyl (C=O) groups is 2. The van der Waals surface area contributed by atoms with Gasteiger partial charge in [0.05, 0.1) is 0 Å². The Balaban J connectivity index is 1.89. The van der Waals surface area contributed by atoms with Crippen LogP contribution in [0.4, 0.5) is 11.4 Å². The van der Waals surface area contributed by atoms with E-state index in [1.165, 1.54) is 31.4 Å². The Morgan fingerprint density at radius 3 is 2.19 bits per heavy atom. The summed E-state index contributed by atoms with van der Waals surface area (Å²) in [7, 11) is 0. The van der Waals surface area contributed by atoms with E-state index in [-0.39, 0.29) is 18.7 Å². The minimum absolute atomic E-state index is 0.0593. The molecule has 2 rings (SSSR count). The van der Waals surface area contributed by atoms with Crippen LogP contribution < -0.4 is 15.3 Å². The molecule has 5 nitrogen and oxygen atoms in total. The minimum atomic E-state index is -1.21. The third-order valence-electron chi connectivity index (χ3n) is 3.68. The molecule has 0 bridgehead atoms. The molecule has 0 aliphatic carbocycles. The second-order valence-electron chi connectivity index (χ2n) is 5.37. The molecule has 0 saturated carbocycles. The van der Waals surface area contributed by atoms with Crippen molar-refractivity contribution in [2.75, 3.05) is 23.3 Å². The summed E-state index contributed by atoms with van der Waals surface area (Å²) in [5, 5.41) is 13.0. The topological polar surface area (TPSA) is 72.5 Å². The summed E-state index contributed by atoms with van der Waals surface area (Å²) < 4.78 is 0. The van der Waals surface area contributed by atoms with Crippen LogP contribution in [0.25, 0.3) is 0 Å². The normalized spacial score (nSPS) is 15.3. The zero-order valence-corrected chi connectivity index (χ0v) is 12.1. The molecule has 1 aliphatic rings. The third kappa shape index (κ3) is 5.10. The lowest BCUT2D eigenvalue weighted by molar-refractivity contribution is -0.305. The van der Waals surface area contributed by atoms with Crippen molar-refractivity contribution in [2.24, 2.45) is 0 Å². The summed E-state index contributed by atoms with van der Waals surface area (Å²) in [6.45, 7) is 2.16. The van der Waals surface area contributed by atoms with Crippen molar-refractivity contribution in [3.63, 3.8) is 0 Å². The predicted molar refractivity (Wildman–Crippen MR) is 80.0 cm³/mol. The van der Waals surface area contributed by atoms with Crippen LogP contribution in [-0.2, 0) is 9.59 Å². The molecule has 0 atom stereocenters. The molecule has 21 heavy (non-hydrogen) atoms. The summed E-state index contributed by atoms with van der Waals surface area (Å²) in [5.41, 5.74) is 1.86. The minimum Gasteiger partial charge on any atom is -0.550 e. The van der Waals surface area contributed by atoms with Gasteiger partial charge in [0.2, 0.25) is 5.91 Å². The van der Waals surface area contributed by atoms with E-state index in [1.54, 1.807) is 0 Å². The number of nitrogens with zero attached hydrogens (tertiary/aromatic N) is 1. The van der Waals surface area contributed by atoms with Gasteiger partial charge < -0.3 is 20.1 Å². The van der Waals surface area contributed by atoms with Gasteiger partial charge in [-0.3, -0.25) is 4.79 Å². The van der Waals surface area contributed by atoms with E-state index in [9.17, 15) is 14.7 Å². The maximum Gasteiger partial charge on any atom is 0.224 e. The molecular weight excluding hydrogens is 268 g/mol. The molecule has 1 saturated heterocycles. The van der Waals surface area contributed by atoms with Crippen LogP contribution in [0.15, 0.2) is 24.3 Å². The molecule has 0 aromatic heterocycles. The van der Waals surface area contributed by atoms with Crippen molar-refractivity contribution >= 4 is 23.3 Å². The number of anilines is 2. The Morgan fingerprint density at radius 1 is 1.00 bits per heavy atom. The van der Waals surface area contributed by atoms with Crippen LogP contribution in [0.5, 0.6) is 0 Å². The van der Waals surface area contributed by atoms with E-state index in [1.807, 2.05) is 24.3 Å². The standard InChI is InChI=1S/C16H22N2O3/c19-15(9-10-16(20)21)17-13-5-7-14(8-6-13)18-11-3-1-2-4-12-18/h5-8H,1-4,9-12H2,(H,17,19)(H,20,21)/p-1. The van der Waals surface area contributed by atoms with Crippen LogP contribution in [0.2, 0.25) is 0 Å². The quantitative estimate of drug-likeness (QED) is 0.892. The van der Waals surface area contributed by atoms with Crippen LogP contribution in [0.1, 0.15) is 38.5 Å². The number of rotatable bonds is 5. The lowest BCUT2D eigenvalue weighted by Crippen LogP contribution is -2.24. The zero-order chi connectivity index (χ0) is 15.1. The van der Waals surface area contributed by atoms with Crippen molar-refractivity contribution in [3.8, 4) is 0 Å². The lowest BCUT2D eigenvalue weighted by Gasteiger charge is -2.22. The molecule has 1 amide bonds. The molecule has 1 fully saturated rings. The summed E-state index contributed by atoms with van der Waals surface area (Å²) >= 11 is 0. The molecular formula is C16H21N2O3-. The second-order valence-corrected chi connectivity index (χ2v) is 5.37. The van der Waals surface area contributed by atoms with Crippen molar-refractivity contribution in [1.29, 1.82) is 0 Å². The number of hydrogen-bond acceptors (Lipinski definition) is 4. The largest absolute Gasteiger partial charge is 0.550 e. The van der Waals surface area contributed by atoms with Gasteiger partial charge in [0.1, 0.15) is 0 Å². The highest BCUT2D eigenvalue weighted by Crippen LogP contribution is 2.21. The number of aliphatic carboxylic acids is 1. The predicted octanol–water partition coefficient (Wildman–Crippen LogP) is 1.54. The number of nitrogens with one attached hydrogen (secondary N) is 1. The Bertz CT molecular complexity index is 477. The SMILES string of the molecule is O=C([O-])CCC(=O)Nc1ccc(N2CCCCCC2)cc1. The first-order valence-corrected chi connectivity index (χ1v) is 7.50. The summed E-state index contributed by atoms with van der Waals surface area (Å²) in [5.74, 6) is -1.51. The van der Waals surface area contributed by atoms with Gasteiger partial charge in [-0.1, -0.05) is 12.8 Å². The molecule has 114 valence electrons. The Hall–Kier alpha value is -2.04. The maximum absolute atomic E-state index is 11.5. The van der Waals surface area contributed by atoms with Crippen molar-refractivity contribution in [1.82, 2.24) is 0 Å². The van der Waals surface area contributed by atoms with Gasteiger partial charge in [-0.25, -0.2) is 0 Å². The van der Waals surface area contributed by atoms with Gasteiger partial charge in [-0.15, -0.1) is 0 Å². The third-order valence-corrected chi connectivity index (χ3v) is 3.68. The maximum atomic E-state index is 11.5. The first kappa shape index (κ1) is 15.4. The summed E-state index contributed by atoms with van der Waals surface area (Å²) in [6, 6.07) is 7.72. The Morgan fingerprint density at radius 2 is 1.62 bits per heavy atom. The first-order valence-electron chi connectivity index (χ1n) is 7.50. The van der Waals surface area contributed by atoms with Crippen LogP contribution in [-0.4, -0.2) is 25.0 Å². The Labute approximate surface area is 125 Å². The summed E-state index contributed by atoms with van der Waals surface area (Å²) in [4.78, 5) is 24.2. The van der Waals surface area contributed by atoms with Crippen LogP contribution in [0.3, 0.4) is 0 Å². The van der Waals surface area contributed by atoms with Gasteiger partial charge in [0, 0.05) is 36.9 Å². The number of carbonyl (C=O) groups excluding carboxylic acids is 2. The fraction of sp³-hybridized carbons (Fsp3) is 0.500. The van der Waals surface area contributed by atoms with Crippen LogP contribution in [0, 0.1) is 0 Å². The van der Waals surface area contributed by atoms with E-state index in [4.69, 9.17) is 0 Å². The second kappa shape index (κ2) is 7.67. The smallest absolute Gasteiger partial charge is 0.224 e. The van der Waals surface area contributed by atoms with E-state index < -0.39 is 5.97 Å². The first-order chi connectivity index (χ1) is 10.1. The zero-order valence-electron chi connectivity index (χ0n) is 12.1. The van der Waals surface area contributed by atoms with Crippen molar-refractivity contribution in [2.45, 2.75) is 38.5 Å². The summed E-state index contributed by atoms with van der Waals surface area (Å²) in [6.07, 6.45) is 4.73. The van der Waals surface area contributed by atoms with Gasteiger partial charge >= 0.3 is 0 Å². The molecule has 1 N–H and O–H groups in total. The van der Waals surface area contributed by atoms with E-state index in [0.29, 0.717) is 5.69 Å². The van der Waals surface area contributed by atoms with Gasteiger partial charge in [-0.2, -0.15) is 0 Å². The highest BCUT2D eigenvalue weighted by atomic mass is 16.4. The number of carboxylic acids is 1. The van der Waals surface area contributed by atoms with Crippen molar-refractivity contribution < 1.29 is 14.7 Å². The van der Waals surface area contributed by atoms with Crippen LogP contribution >= 0.6 is 0 Å². The molecule has 0 unspecified atom stereocenters. The number of benzene rings is 1. The molecule has 1 aliphatic heterocycles. The van der Waals surface area contributed by atoms with Gasteiger partial charge in [0.15, 0.2) is 0 Å². The molecule has 5 heteroatoms. The Kier molecular flexibility index (Phi) is 5.60. The van der Waals surface area contributed by atoms with Crippen molar-refractivity contribution in [3.05, 3.63) is 24.3 Å². The average Bonchev–Trinajstić information content (AvgIpc) is 2.75. The van der Waals surface area contributed by atoms with Gasteiger partial charge in [-0.05, 0) is 43.5 Å². The highest BCUT2D eigenvalue weighted by Gasteiger charge is 2.10. The molecule has 1 heterocycles. The fourth-order valence-corrected chi connectivity index (χ4v) is 2.52. The molecule has 1 aromatic rings. The molecule has 0 spiro atoms. The molecule has 1 aromatic carbocycles.